The van der Waals surface area contributed by atoms with Gasteiger partial charge in [0.15, 0.2) is 0 Å². The standard InChI is InChI=1S/C16H25N3O/c1-3-14-4-5-15(13-6-11-20-12-13)16(17-14)19-9-7-18(2)8-10-19/h4-5,13H,3,6-12H2,1-2H3/t13-/m0/s1. The Balaban J connectivity index is 1.89. The summed E-state index contributed by atoms with van der Waals surface area (Å²) in [4.78, 5) is 9.79. The molecule has 4 heteroatoms. The molecule has 3 rings (SSSR count). The van der Waals surface area contributed by atoms with Gasteiger partial charge in [-0.15, -0.1) is 0 Å². The summed E-state index contributed by atoms with van der Waals surface area (Å²) in [5.74, 6) is 1.75. The number of pyridine rings is 1. The molecule has 20 heavy (non-hydrogen) atoms. The number of aromatic nitrogens is 1. The van der Waals surface area contributed by atoms with E-state index in [4.69, 9.17) is 9.72 Å². The Kier molecular flexibility index (Phi) is 4.22. The van der Waals surface area contributed by atoms with Crippen LogP contribution in [0.3, 0.4) is 0 Å². The first kappa shape index (κ1) is 13.8. The molecule has 2 aliphatic heterocycles. The molecule has 0 bridgehead atoms. The van der Waals surface area contributed by atoms with Gasteiger partial charge in [-0.1, -0.05) is 13.0 Å². The molecule has 0 aliphatic carbocycles. The van der Waals surface area contributed by atoms with Gasteiger partial charge in [-0.05, 0) is 26.0 Å². The van der Waals surface area contributed by atoms with Crippen molar-refractivity contribution in [2.24, 2.45) is 0 Å². The summed E-state index contributed by atoms with van der Waals surface area (Å²) in [6, 6.07) is 4.48. The van der Waals surface area contributed by atoms with Crippen molar-refractivity contribution in [2.45, 2.75) is 25.7 Å². The SMILES string of the molecule is CCc1ccc([C@H]2CCOC2)c(N2CCN(C)CC2)n1. The number of nitrogens with zero attached hydrogens (tertiary/aromatic N) is 3. The summed E-state index contributed by atoms with van der Waals surface area (Å²) in [5, 5.41) is 0. The second-order valence-electron chi connectivity index (χ2n) is 5.92. The lowest BCUT2D eigenvalue weighted by Gasteiger charge is -2.35. The van der Waals surface area contributed by atoms with Gasteiger partial charge in [0.25, 0.3) is 0 Å². The zero-order valence-corrected chi connectivity index (χ0v) is 12.6. The number of hydrogen-bond acceptors (Lipinski definition) is 4. The molecule has 3 heterocycles. The van der Waals surface area contributed by atoms with Crippen LogP contribution in [0.1, 0.15) is 30.5 Å². The molecule has 0 unspecified atom stereocenters. The van der Waals surface area contributed by atoms with Crippen LogP contribution in [0.4, 0.5) is 5.82 Å². The number of rotatable bonds is 3. The van der Waals surface area contributed by atoms with Gasteiger partial charge in [-0.3, -0.25) is 0 Å². The molecule has 0 aromatic carbocycles. The quantitative estimate of drug-likeness (QED) is 0.842. The lowest BCUT2D eigenvalue weighted by Crippen LogP contribution is -2.45. The molecule has 0 amide bonds. The fourth-order valence-electron chi connectivity index (χ4n) is 3.07. The third kappa shape index (κ3) is 2.81. The normalized spacial score (nSPS) is 24.3. The molecular formula is C16H25N3O. The van der Waals surface area contributed by atoms with Crippen molar-refractivity contribution < 1.29 is 4.74 Å². The Morgan fingerprint density at radius 2 is 2.05 bits per heavy atom. The van der Waals surface area contributed by atoms with Gasteiger partial charge in [0.2, 0.25) is 0 Å². The largest absolute Gasteiger partial charge is 0.381 e. The molecule has 0 radical (unpaired) electrons. The first-order valence-corrected chi connectivity index (χ1v) is 7.79. The first-order chi connectivity index (χ1) is 9.78. The highest BCUT2D eigenvalue weighted by Crippen LogP contribution is 2.32. The van der Waals surface area contributed by atoms with Crippen LogP contribution in [0.5, 0.6) is 0 Å². The molecule has 1 aromatic rings. The number of aryl methyl sites for hydroxylation is 1. The molecular weight excluding hydrogens is 250 g/mol. The average Bonchev–Trinajstić information content (AvgIpc) is 3.01. The predicted octanol–water partition coefficient (Wildman–Crippen LogP) is 1.90. The Hall–Kier alpha value is -1.13. The second-order valence-corrected chi connectivity index (χ2v) is 5.92. The van der Waals surface area contributed by atoms with E-state index < -0.39 is 0 Å². The zero-order chi connectivity index (χ0) is 13.9. The van der Waals surface area contributed by atoms with Crippen LogP contribution in [-0.4, -0.2) is 56.3 Å². The number of likely N-dealkylation sites (N-methyl/N-ethyl adjacent to an activating group) is 1. The molecule has 1 atom stereocenters. The summed E-state index contributed by atoms with van der Waals surface area (Å²) in [6.07, 6.45) is 2.14. The van der Waals surface area contributed by atoms with E-state index in [2.05, 4.69) is 35.9 Å². The molecule has 0 spiro atoms. The van der Waals surface area contributed by atoms with E-state index >= 15 is 0 Å². The van der Waals surface area contributed by atoms with Gasteiger partial charge in [0.1, 0.15) is 5.82 Å². The Bertz CT molecular complexity index is 449. The van der Waals surface area contributed by atoms with Gasteiger partial charge < -0.3 is 14.5 Å². The molecule has 0 saturated carbocycles. The van der Waals surface area contributed by atoms with E-state index in [0.717, 1.165) is 52.2 Å². The molecule has 2 saturated heterocycles. The summed E-state index contributed by atoms with van der Waals surface area (Å²) in [5.41, 5.74) is 2.59. The number of piperazine rings is 1. The summed E-state index contributed by atoms with van der Waals surface area (Å²) < 4.78 is 5.57. The maximum atomic E-state index is 5.57. The van der Waals surface area contributed by atoms with Crippen LogP contribution in [0.25, 0.3) is 0 Å². The maximum absolute atomic E-state index is 5.57. The fourth-order valence-corrected chi connectivity index (χ4v) is 3.07. The number of hydrogen-bond donors (Lipinski definition) is 0. The maximum Gasteiger partial charge on any atom is 0.132 e. The highest BCUT2D eigenvalue weighted by molar-refractivity contribution is 5.50. The molecule has 0 N–H and O–H groups in total. The predicted molar refractivity (Wildman–Crippen MR) is 81.5 cm³/mol. The van der Waals surface area contributed by atoms with E-state index in [9.17, 15) is 0 Å². The van der Waals surface area contributed by atoms with E-state index in [1.807, 2.05) is 0 Å². The second kappa shape index (κ2) is 6.10. The third-order valence-electron chi connectivity index (χ3n) is 4.50. The van der Waals surface area contributed by atoms with Gasteiger partial charge in [-0.25, -0.2) is 4.98 Å². The van der Waals surface area contributed by atoms with Crippen molar-refractivity contribution in [2.75, 3.05) is 51.3 Å². The summed E-state index contributed by atoms with van der Waals surface area (Å²) >= 11 is 0. The van der Waals surface area contributed by atoms with Crippen molar-refractivity contribution in [3.05, 3.63) is 23.4 Å². The van der Waals surface area contributed by atoms with E-state index in [1.54, 1.807) is 0 Å². The lowest BCUT2D eigenvalue weighted by molar-refractivity contribution is 0.194. The van der Waals surface area contributed by atoms with Gasteiger partial charge >= 0.3 is 0 Å². The van der Waals surface area contributed by atoms with Crippen LogP contribution >= 0.6 is 0 Å². The molecule has 2 aliphatic rings. The number of ether oxygens (including phenoxy) is 1. The average molecular weight is 275 g/mol. The fraction of sp³-hybridized carbons (Fsp3) is 0.688. The molecule has 1 aromatic heterocycles. The highest BCUT2D eigenvalue weighted by Gasteiger charge is 2.25. The van der Waals surface area contributed by atoms with Crippen LogP contribution in [0.15, 0.2) is 12.1 Å². The number of anilines is 1. The topological polar surface area (TPSA) is 28.6 Å². The van der Waals surface area contributed by atoms with Crippen molar-refractivity contribution in [3.63, 3.8) is 0 Å². The van der Waals surface area contributed by atoms with E-state index in [1.165, 1.54) is 17.1 Å². The molecule has 110 valence electrons. The summed E-state index contributed by atoms with van der Waals surface area (Å²) in [6.45, 7) is 8.33. The van der Waals surface area contributed by atoms with E-state index in [0.29, 0.717) is 5.92 Å². The van der Waals surface area contributed by atoms with Crippen molar-refractivity contribution >= 4 is 5.82 Å². The first-order valence-electron chi connectivity index (χ1n) is 7.79. The van der Waals surface area contributed by atoms with Crippen molar-refractivity contribution in [1.82, 2.24) is 9.88 Å². The van der Waals surface area contributed by atoms with Gasteiger partial charge in [-0.2, -0.15) is 0 Å². The van der Waals surface area contributed by atoms with Crippen LogP contribution in [0, 0.1) is 0 Å². The minimum Gasteiger partial charge on any atom is -0.381 e. The summed E-state index contributed by atoms with van der Waals surface area (Å²) in [7, 11) is 2.19. The lowest BCUT2D eigenvalue weighted by atomic mass is 9.98. The van der Waals surface area contributed by atoms with Crippen LogP contribution in [0.2, 0.25) is 0 Å². The van der Waals surface area contributed by atoms with Gasteiger partial charge in [0, 0.05) is 50.0 Å². The minimum absolute atomic E-state index is 0.531. The van der Waals surface area contributed by atoms with Crippen LogP contribution in [-0.2, 0) is 11.2 Å². The molecule has 2 fully saturated rings. The van der Waals surface area contributed by atoms with Crippen molar-refractivity contribution in [1.29, 1.82) is 0 Å². The van der Waals surface area contributed by atoms with E-state index in [-0.39, 0.29) is 0 Å². The Labute approximate surface area is 121 Å². The van der Waals surface area contributed by atoms with Crippen LogP contribution < -0.4 is 4.90 Å². The zero-order valence-electron chi connectivity index (χ0n) is 12.6. The third-order valence-corrected chi connectivity index (χ3v) is 4.50. The highest BCUT2D eigenvalue weighted by atomic mass is 16.5. The Morgan fingerprint density at radius 1 is 1.25 bits per heavy atom. The smallest absolute Gasteiger partial charge is 0.132 e. The van der Waals surface area contributed by atoms with Crippen molar-refractivity contribution in [3.8, 4) is 0 Å². The minimum atomic E-state index is 0.531. The molecule has 4 nitrogen and oxygen atoms in total. The van der Waals surface area contributed by atoms with Gasteiger partial charge in [0.05, 0.1) is 6.61 Å². The Morgan fingerprint density at radius 3 is 2.70 bits per heavy atom. The monoisotopic (exact) mass is 275 g/mol.